The van der Waals surface area contributed by atoms with Gasteiger partial charge in [0.2, 0.25) is 0 Å². The van der Waals surface area contributed by atoms with Gasteiger partial charge in [0.25, 0.3) is 0 Å². The van der Waals surface area contributed by atoms with E-state index in [2.05, 4.69) is 10.3 Å². The summed E-state index contributed by atoms with van der Waals surface area (Å²) in [4.78, 5) is 6.34. The van der Waals surface area contributed by atoms with Gasteiger partial charge in [0.1, 0.15) is 5.82 Å². The Morgan fingerprint density at radius 2 is 2.09 bits per heavy atom. The van der Waals surface area contributed by atoms with E-state index in [0.29, 0.717) is 16.4 Å². The van der Waals surface area contributed by atoms with Crippen LogP contribution in [0.5, 0.6) is 0 Å². The SMILES string of the molecule is CCN(C)C=Nc1cc(C)c(Nc2cccc(F)c2)cc1Cl. The van der Waals surface area contributed by atoms with E-state index in [1.165, 1.54) is 12.1 Å². The first-order valence-corrected chi connectivity index (χ1v) is 7.44. The summed E-state index contributed by atoms with van der Waals surface area (Å²) in [5.74, 6) is -0.280. The lowest BCUT2D eigenvalue weighted by Crippen LogP contribution is -2.14. The molecule has 0 aliphatic carbocycles. The van der Waals surface area contributed by atoms with E-state index >= 15 is 0 Å². The maximum atomic E-state index is 13.2. The molecule has 0 aliphatic rings. The first-order chi connectivity index (χ1) is 10.5. The van der Waals surface area contributed by atoms with E-state index in [1.807, 2.05) is 31.9 Å². The molecule has 116 valence electrons. The van der Waals surface area contributed by atoms with Gasteiger partial charge >= 0.3 is 0 Å². The summed E-state index contributed by atoms with van der Waals surface area (Å²) in [6, 6.07) is 10.0. The maximum Gasteiger partial charge on any atom is 0.125 e. The van der Waals surface area contributed by atoms with Crippen LogP contribution in [-0.2, 0) is 0 Å². The number of rotatable bonds is 5. The molecular formula is C17H19ClFN3. The monoisotopic (exact) mass is 319 g/mol. The minimum Gasteiger partial charge on any atom is -0.366 e. The van der Waals surface area contributed by atoms with Crippen LogP contribution < -0.4 is 5.32 Å². The third kappa shape index (κ3) is 4.21. The summed E-state index contributed by atoms with van der Waals surface area (Å²) in [7, 11) is 1.95. The molecule has 0 radical (unpaired) electrons. The fraction of sp³-hybridized carbons (Fsp3) is 0.235. The molecule has 0 aromatic heterocycles. The van der Waals surface area contributed by atoms with Gasteiger partial charge in [0.15, 0.2) is 0 Å². The van der Waals surface area contributed by atoms with Crippen molar-refractivity contribution in [2.75, 3.05) is 18.9 Å². The van der Waals surface area contributed by atoms with Crippen molar-refractivity contribution in [3.63, 3.8) is 0 Å². The molecule has 2 aromatic rings. The van der Waals surface area contributed by atoms with Crippen LogP contribution in [-0.4, -0.2) is 24.8 Å². The van der Waals surface area contributed by atoms with Gasteiger partial charge in [-0.1, -0.05) is 17.7 Å². The summed E-state index contributed by atoms with van der Waals surface area (Å²) in [6.07, 6.45) is 1.75. The highest BCUT2D eigenvalue weighted by Gasteiger charge is 2.06. The van der Waals surface area contributed by atoms with E-state index in [1.54, 1.807) is 24.5 Å². The molecule has 5 heteroatoms. The van der Waals surface area contributed by atoms with Crippen LogP contribution in [0, 0.1) is 12.7 Å². The molecule has 0 unspecified atom stereocenters. The molecular weight excluding hydrogens is 301 g/mol. The van der Waals surface area contributed by atoms with Crippen LogP contribution in [0.1, 0.15) is 12.5 Å². The fourth-order valence-electron chi connectivity index (χ4n) is 1.86. The Labute approximate surface area is 135 Å². The average molecular weight is 320 g/mol. The normalized spacial score (nSPS) is 11.0. The zero-order valence-corrected chi connectivity index (χ0v) is 13.7. The van der Waals surface area contributed by atoms with Crippen molar-refractivity contribution in [1.82, 2.24) is 4.90 Å². The molecule has 0 saturated heterocycles. The molecule has 0 heterocycles. The number of nitrogens with one attached hydrogen (secondary N) is 1. The molecule has 0 bridgehead atoms. The number of anilines is 2. The third-order valence-corrected chi connectivity index (χ3v) is 3.59. The van der Waals surface area contributed by atoms with Gasteiger partial charge in [-0.3, -0.25) is 0 Å². The van der Waals surface area contributed by atoms with Crippen molar-refractivity contribution >= 4 is 35.0 Å². The van der Waals surface area contributed by atoms with Gasteiger partial charge in [-0.15, -0.1) is 0 Å². The zero-order chi connectivity index (χ0) is 16.1. The van der Waals surface area contributed by atoms with E-state index in [4.69, 9.17) is 11.6 Å². The second-order valence-corrected chi connectivity index (χ2v) is 5.48. The van der Waals surface area contributed by atoms with E-state index in [0.717, 1.165) is 17.8 Å². The van der Waals surface area contributed by atoms with Crippen molar-refractivity contribution in [3.05, 3.63) is 52.8 Å². The lowest BCUT2D eigenvalue weighted by atomic mass is 10.1. The van der Waals surface area contributed by atoms with Gasteiger partial charge in [0, 0.05) is 25.0 Å². The number of nitrogens with zero attached hydrogens (tertiary/aromatic N) is 2. The topological polar surface area (TPSA) is 27.6 Å². The van der Waals surface area contributed by atoms with Gasteiger partial charge in [-0.2, -0.15) is 0 Å². The molecule has 3 nitrogen and oxygen atoms in total. The largest absolute Gasteiger partial charge is 0.366 e. The Kier molecular flexibility index (Phi) is 5.39. The zero-order valence-electron chi connectivity index (χ0n) is 12.9. The third-order valence-electron chi connectivity index (χ3n) is 3.29. The van der Waals surface area contributed by atoms with Crippen LogP contribution in [0.4, 0.5) is 21.5 Å². The van der Waals surface area contributed by atoms with Crippen LogP contribution in [0.25, 0.3) is 0 Å². The second-order valence-electron chi connectivity index (χ2n) is 5.07. The van der Waals surface area contributed by atoms with Crippen molar-refractivity contribution in [2.24, 2.45) is 4.99 Å². The Bertz CT molecular complexity index is 686. The minimum absolute atomic E-state index is 0.280. The van der Waals surface area contributed by atoms with Gasteiger partial charge in [0.05, 0.1) is 17.0 Å². The second kappa shape index (κ2) is 7.27. The van der Waals surface area contributed by atoms with E-state index in [9.17, 15) is 4.39 Å². The highest BCUT2D eigenvalue weighted by molar-refractivity contribution is 6.33. The molecule has 2 rings (SSSR count). The lowest BCUT2D eigenvalue weighted by molar-refractivity contribution is 0.552. The fourth-order valence-corrected chi connectivity index (χ4v) is 2.08. The summed E-state index contributed by atoms with van der Waals surface area (Å²) in [6.45, 7) is 4.88. The van der Waals surface area contributed by atoms with Crippen molar-refractivity contribution in [1.29, 1.82) is 0 Å². The Balaban J connectivity index is 2.24. The number of aryl methyl sites for hydroxylation is 1. The van der Waals surface area contributed by atoms with Gasteiger partial charge < -0.3 is 10.2 Å². The van der Waals surface area contributed by atoms with Crippen molar-refractivity contribution in [2.45, 2.75) is 13.8 Å². The van der Waals surface area contributed by atoms with E-state index < -0.39 is 0 Å². The summed E-state index contributed by atoms with van der Waals surface area (Å²) < 4.78 is 13.2. The smallest absolute Gasteiger partial charge is 0.125 e. The Hall–Kier alpha value is -2.07. The molecule has 1 N–H and O–H groups in total. The number of halogens is 2. The standard InChI is InChI=1S/C17H19ClFN3/c1-4-22(3)11-20-17-8-12(2)16(10-15(17)18)21-14-7-5-6-13(19)9-14/h5-11,21H,4H2,1-3H3. The number of aliphatic imine (C=N–C) groups is 1. The Morgan fingerprint density at radius 1 is 1.32 bits per heavy atom. The number of benzene rings is 2. The maximum absolute atomic E-state index is 13.2. The highest BCUT2D eigenvalue weighted by Crippen LogP contribution is 2.32. The molecule has 0 atom stereocenters. The molecule has 2 aromatic carbocycles. The molecule has 0 fully saturated rings. The predicted octanol–water partition coefficient (Wildman–Crippen LogP) is 5.14. The van der Waals surface area contributed by atoms with Crippen molar-refractivity contribution < 1.29 is 4.39 Å². The lowest BCUT2D eigenvalue weighted by Gasteiger charge is -2.12. The first kappa shape index (κ1) is 16.3. The molecule has 0 amide bonds. The van der Waals surface area contributed by atoms with Gasteiger partial charge in [-0.05, 0) is 49.7 Å². The summed E-state index contributed by atoms with van der Waals surface area (Å²) >= 11 is 6.28. The van der Waals surface area contributed by atoms with Crippen LogP contribution >= 0.6 is 11.6 Å². The molecule has 22 heavy (non-hydrogen) atoms. The first-order valence-electron chi connectivity index (χ1n) is 7.06. The van der Waals surface area contributed by atoms with Crippen LogP contribution in [0.15, 0.2) is 41.4 Å². The quantitative estimate of drug-likeness (QED) is 0.610. The number of hydrogen-bond donors (Lipinski definition) is 1. The highest BCUT2D eigenvalue weighted by atomic mass is 35.5. The van der Waals surface area contributed by atoms with E-state index in [-0.39, 0.29) is 5.82 Å². The summed E-state index contributed by atoms with van der Waals surface area (Å²) in [5, 5.41) is 3.72. The predicted molar refractivity (Wildman–Crippen MR) is 92.3 cm³/mol. The molecule has 0 saturated carbocycles. The number of hydrogen-bond acceptors (Lipinski definition) is 2. The average Bonchev–Trinajstić information content (AvgIpc) is 2.49. The Morgan fingerprint density at radius 3 is 2.77 bits per heavy atom. The summed E-state index contributed by atoms with van der Waals surface area (Å²) in [5.41, 5.74) is 3.21. The molecule has 0 aliphatic heterocycles. The minimum atomic E-state index is -0.280. The van der Waals surface area contributed by atoms with Gasteiger partial charge in [-0.25, -0.2) is 9.38 Å². The van der Waals surface area contributed by atoms with Crippen LogP contribution in [0.3, 0.4) is 0 Å². The van der Waals surface area contributed by atoms with Crippen molar-refractivity contribution in [3.8, 4) is 0 Å². The van der Waals surface area contributed by atoms with Crippen LogP contribution in [0.2, 0.25) is 5.02 Å². The molecule has 0 spiro atoms.